The predicted molar refractivity (Wildman–Crippen MR) is 142 cm³/mol. The largest absolute Gasteiger partial charge is 0.387 e. The molecule has 1 fully saturated rings. The van der Waals surface area contributed by atoms with Gasteiger partial charge in [0, 0.05) is 6.54 Å². The van der Waals surface area contributed by atoms with Gasteiger partial charge in [0.05, 0.1) is 23.1 Å². The van der Waals surface area contributed by atoms with Crippen LogP contribution in [0.2, 0.25) is 0 Å². The molecule has 0 radical (unpaired) electrons. The molecule has 1 aliphatic rings. The summed E-state index contributed by atoms with van der Waals surface area (Å²) in [4.78, 5) is 12.0. The summed E-state index contributed by atoms with van der Waals surface area (Å²) in [6, 6.07) is 25.2. The number of fused-ring (bicyclic) bond motifs is 1. The van der Waals surface area contributed by atoms with Crippen molar-refractivity contribution in [3.8, 4) is 0 Å². The Morgan fingerprint density at radius 2 is 1.53 bits per heavy atom. The van der Waals surface area contributed by atoms with Crippen LogP contribution in [0.5, 0.6) is 0 Å². The van der Waals surface area contributed by atoms with E-state index in [2.05, 4.69) is 89.0 Å². The number of aliphatic hydroxyl groups is 1. The summed E-state index contributed by atoms with van der Waals surface area (Å²) in [5.41, 5.74) is 7.24. The second kappa shape index (κ2) is 10.2. The number of nitrogens with zero attached hydrogens (tertiary/aromatic N) is 2. The van der Waals surface area contributed by atoms with Crippen LogP contribution >= 0.6 is 0 Å². The second-order valence-corrected chi connectivity index (χ2v) is 10.1. The molecule has 6 heteroatoms. The van der Waals surface area contributed by atoms with Crippen LogP contribution in [0.1, 0.15) is 47.2 Å². The van der Waals surface area contributed by atoms with Crippen molar-refractivity contribution < 1.29 is 9.90 Å². The maximum atomic E-state index is 12.0. The molecule has 1 heterocycles. The summed E-state index contributed by atoms with van der Waals surface area (Å²) in [7, 11) is 0. The van der Waals surface area contributed by atoms with E-state index in [0.29, 0.717) is 24.5 Å². The van der Waals surface area contributed by atoms with Crippen molar-refractivity contribution >= 4 is 16.9 Å². The maximum Gasteiger partial charge on any atom is 0.245 e. The lowest BCUT2D eigenvalue weighted by atomic mass is 10.0. The number of hydrogen-bond donors (Lipinski definition) is 3. The summed E-state index contributed by atoms with van der Waals surface area (Å²) >= 11 is 0. The van der Waals surface area contributed by atoms with Gasteiger partial charge < -0.3 is 19.6 Å². The first-order chi connectivity index (χ1) is 17.5. The lowest BCUT2D eigenvalue weighted by Gasteiger charge is -2.22. The standard InChI is InChI=1S/C30H34N4O2/c1-20-7-11-22(12-8-20)17-25(18-32-28(36)19-35)33-26-5-3-4-6-27(26)34(30(33)31)29(24-15-16-24)23-13-9-21(2)10-14-23/h3-14,24-25,29,31,35H,15-19H2,1-2H3,(H,32,36). The molecule has 0 saturated heterocycles. The molecule has 0 spiro atoms. The van der Waals surface area contributed by atoms with Crippen molar-refractivity contribution in [1.82, 2.24) is 14.5 Å². The molecule has 0 bridgehead atoms. The van der Waals surface area contributed by atoms with Crippen molar-refractivity contribution in [2.75, 3.05) is 13.2 Å². The molecule has 2 atom stereocenters. The van der Waals surface area contributed by atoms with Crippen LogP contribution in [0.3, 0.4) is 0 Å². The molecule has 3 N–H and O–H groups in total. The second-order valence-electron chi connectivity index (χ2n) is 10.1. The molecular formula is C30H34N4O2. The van der Waals surface area contributed by atoms with Gasteiger partial charge in [0.2, 0.25) is 11.5 Å². The highest BCUT2D eigenvalue weighted by Gasteiger charge is 2.36. The zero-order valence-electron chi connectivity index (χ0n) is 20.9. The minimum Gasteiger partial charge on any atom is -0.387 e. The Balaban J connectivity index is 1.64. The minimum absolute atomic E-state index is 0.0938. The topological polar surface area (TPSA) is 83.0 Å². The third kappa shape index (κ3) is 4.86. The van der Waals surface area contributed by atoms with Gasteiger partial charge in [0.25, 0.3) is 0 Å². The number of aryl methyl sites for hydroxylation is 2. The van der Waals surface area contributed by atoms with E-state index in [1.807, 2.05) is 12.1 Å². The number of carbonyl (C=O) groups excluding carboxylic acids is 1. The van der Waals surface area contributed by atoms with E-state index in [1.165, 1.54) is 16.7 Å². The van der Waals surface area contributed by atoms with E-state index >= 15 is 0 Å². The highest BCUT2D eigenvalue weighted by atomic mass is 16.3. The van der Waals surface area contributed by atoms with Gasteiger partial charge in [-0.3, -0.25) is 10.2 Å². The lowest BCUT2D eigenvalue weighted by Crippen LogP contribution is -2.38. The third-order valence-electron chi connectivity index (χ3n) is 7.26. The van der Waals surface area contributed by atoms with Gasteiger partial charge >= 0.3 is 0 Å². The van der Waals surface area contributed by atoms with Gasteiger partial charge in [-0.25, -0.2) is 0 Å². The van der Waals surface area contributed by atoms with Crippen LogP contribution in [0.4, 0.5) is 0 Å². The van der Waals surface area contributed by atoms with Gasteiger partial charge in [-0.2, -0.15) is 0 Å². The van der Waals surface area contributed by atoms with Crippen LogP contribution in [-0.2, 0) is 11.2 Å². The number of rotatable bonds is 9. The van der Waals surface area contributed by atoms with Gasteiger partial charge in [-0.1, -0.05) is 71.8 Å². The molecule has 2 unspecified atom stereocenters. The van der Waals surface area contributed by atoms with Gasteiger partial charge in [-0.05, 0) is 62.3 Å². The van der Waals surface area contributed by atoms with Gasteiger partial charge in [0.15, 0.2) is 0 Å². The summed E-state index contributed by atoms with van der Waals surface area (Å²) in [5, 5.41) is 21.6. The summed E-state index contributed by atoms with van der Waals surface area (Å²) in [6.45, 7) is 3.95. The number of para-hydroxylation sites is 2. The number of hydrogen-bond acceptors (Lipinski definition) is 3. The molecule has 186 valence electrons. The predicted octanol–water partition coefficient (Wildman–Crippen LogP) is 4.43. The molecule has 36 heavy (non-hydrogen) atoms. The molecule has 0 aliphatic heterocycles. The van der Waals surface area contributed by atoms with E-state index < -0.39 is 12.5 Å². The number of benzene rings is 3. The normalized spacial score (nSPS) is 15.1. The summed E-state index contributed by atoms with van der Waals surface area (Å²) in [5.74, 6) is 0.0981. The molecular weight excluding hydrogens is 448 g/mol. The molecule has 1 aliphatic carbocycles. The summed E-state index contributed by atoms with van der Waals surface area (Å²) < 4.78 is 4.25. The van der Waals surface area contributed by atoms with Crippen LogP contribution in [0, 0.1) is 25.2 Å². The first-order valence-electron chi connectivity index (χ1n) is 12.7. The monoisotopic (exact) mass is 482 g/mol. The maximum absolute atomic E-state index is 12.0. The fourth-order valence-electron chi connectivity index (χ4n) is 5.21. The van der Waals surface area contributed by atoms with E-state index in [-0.39, 0.29) is 12.1 Å². The Morgan fingerprint density at radius 1 is 0.944 bits per heavy atom. The molecule has 4 aromatic rings. The number of amides is 1. The number of aromatic nitrogens is 2. The Morgan fingerprint density at radius 3 is 2.11 bits per heavy atom. The van der Waals surface area contributed by atoms with Crippen molar-refractivity contribution in [2.24, 2.45) is 5.92 Å². The molecule has 1 amide bonds. The number of imidazole rings is 1. The highest BCUT2D eigenvalue weighted by molar-refractivity contribution is 5.78. The van der Waals surface area contributed by atoms with Crippen LogP contribution in [-0.4, -0.2) is 33.3 Å². The third-order valence-corrected chi connectivity index (χ3v) is 7.26. The summed E-state index contributed by atoms with van der Waals surface area (Å²) in [6.07, 6.45) is 2.98. The minimum atomic E-state index is -0.547. The van der Waals surface area contributed by atoms with Crippen LogP contribution in [0.15, 0.2) is 72.8 Å². The average Bonchev–Trinajstić information content (AvgIpc) is 3.68. The number of nitrogens with one attached hydrogen (secondary N) is 2. The Bertz CT molecular complexity index is 1410. The molecule has 5 rings (SSSR count). The lowest BCUT2D eigenvalue weighted by molar-refractivity contribution is -0.123. The number of aliphatic hydroxyl groups excluding tert-OH is 1. The molecule has 1 aromatic heterocycles. The van der Waals surface area contributed by atoms with Crippen molar-refractivity contribution in [3.63, 3.8) is 0 Å². The van der Waals surface area contributed by atoms with E-state index in [4.69, 9.17) is 0 Å². The quantitative estimate of drug-likeness (QED) is 0.330. The van der Waals surface area contributed by atoms with Crippen molar-refractivity contribution in [1.29, 1.82) is 5.41 Å². The molecule has 1 saturated carbocycles. The van der Waals surface area contributed by atoms with Gasteiger partial charge in [-0.15, -0.1) is 0 Å². The average molecular weight is 483 g/mol. The zero-order valence-corrected chi connectivity index (χ0v) is 20.9. The Kier molecular flexibility index (Phi) is 6.79. The SMILES string of the molecule is Cc1ccc(CC(CNC(=O)CO)n2c(=N)n(C(c3ccc(C)cc3)C3CC3)c3ccccc32)cc1. The van der Waals surface area contributed by atoms with Crippen LogP contribution in [0.25, 0.3) is 11.0 Å². The molecule has 3 aromatic carbocycles. The van der Waals surface area contributed by atoms with Gasteiger partial charge in [0.1, 0.15) is 6.61 Å². The smallest absolute Gasteiger partial charge is 0.245 e. The highest BCUT2D eigenvalue weighted by Crippen LogP contribution is 2.44. The molecule has 6 nitrogen and oxygen atoms in total. The Labute approximate surface area is 211 Å². The fourth-order valence-corrected chi connectivity index (χ4v) is 5.21. The number of carbonyl (C=O) groups is 1. The van der Waals surface area contributed by atoms with Crippen molar-refractivity contribution in [2.45, 2.75) is 45.2 Å². The van der Waals surface area contributed by atoms with Crippen LogP contribution < -0.4 is 10.9 Å². The van der Waals surface area contributed by atoms with Crippen molar-refractivity contribution in [3.05, 3.63) is 101 Å². The van der Waals surface area contributed by atoms with E-state index in [0.717, 1.165) is 29.4 Å². The van der Waals surface area contributed by atoms with E-state index in [9.17, 15) is 15.3 Å². The zero-order chi connectivity index (χ0) is 25.2. The Hall–Kier alpha value is -3.64. The first kappa shape index (κ1) is 24.1. The van der Waals surface area contributed by atoms with E-state index in [1.54, 1.807) is 0 Å². The first-order valence-corrected chi connectivity index (χ1v) is 12.7. The fraction of sp³-hybridized carbons (Fsp3) is 0.333.